The zero-order valence-corrected chi connectivity index (χ0v) is 15.9. The van der Waals surface area contributed by atoms with Crippen LogP contribution in [-0.4, -0.2) is 31.9 Å². The number of aromatic hydroxyl groups is 1. The lowest BCUT2D eigenvalue weighted by Gasteiger charge is -2.01. The molecule has 3 aromatic rings. The topological polar surface area (TPSA) is 123 Å². The summed E-state index contributed by atoms with van der Waals surface area (Å²) in [6.07, 6.45) is 2.51. The Morgan fingerprint density at radius 3 is 2.82 bits per heavy atom. The van der Waals surface area contributed by atoms with Crippen LogP contribution in [-0.2, 0) is 6.54 Å². The molecule has 10 heteroatoms. The van der Waals surface area contributed by atoms with E-state index < -0.39 is 16.5 Å². The van der Waals surface area contributed by atoms with Gasteiger partial charge in [-0.1, -0.05) is 40.2 Å². The molecule has 3 rings (SSSR count). The first-order chi connectivity index (χ1) is 13.4. The van der Waals surface area contributed by atoms with E-state index in [2.05, 4.69) is 31.6 Å². The van der Waals surface area contributed by atoms with Gasteiger partial charge in [-0.25, -0.2) is 5.43 Å². The van der Waals surface area contributed by atoms with Crippen LogP contribution >= 0.6 is 15.9 Å². The summed E-state index contributed by atoms with van der Waals surface area (Å²) in [6, 6.07) is 13.6. The zero-order valence-electron chi connectivity index (χ0n) is 14.3. The molecule has 2 N–H and O–H groups in total. The SMILES string of the molecule is O=C(N/N=C/c1cccc(O)c1)c1nn(Cc2cccc(Br)c2)cc1[N+](=O)[O-]. The van der Waals surface area contributed by atoms with Crippen molar-refractivity contribution in [2.75, 3.05) is 0 Å². The zero-order chi connectivity index (χ0) is 20.1. The highest BCUT2D eigenvalue weighted by Gasteiger charge is 2.25. The summed E-state index contributed by atoms with van der Waals surface area (Å²) < 4.78 is 2.19. The van der Waals surface area contributed by atoms with E-state index in [1.54, 1.807) is 12.1 Å². The quantitative estimate of drug-likeness (QED) is 0.344. The molecule has 9 nitrogen and oxygen atoms in total. The summed E-state index contributed by atoms with van der Waals surface area (Å²) in [5.41, 5.74) is 2.87. The van der Waals surface area contributed by atoms with Gasteiger partial charge in [0.25, 0.3) is 5.91 Å². The molecule has 2 aromatic carbocycles. The van der Waals surface area contributed by atoms with E-state index in [4.69, 9.17) is 0 Å². The molecule has 0 aliphatic rings. The number of nitro groups is 1. The highest BCUT2D eigenvalue weighted by Crippen LogP contribution is 2.19. The highest BCUT2D eigenvalue weighted by atomic mass is 79.9. The molecule has 1 amide bonds. The minimum Gasteiger partial charge on any atom is -0.508 e. The Hall–Kier alpha value is -3.53. The van der Waals surface area contributed by atoms with Gasteiger partial charge in [-0.05, 0) is 35.4 Å². The smallest absolute Gasteiger partial charge is 0.320 e. The number of amides is 1. The van der Waals surface area contributed by atoms with Crippen molar-refractivity contribution in [1.29, 1.82) is 0 Å². The molecule has 0 saturated carbocycles. The van der Waals surface area contributed by atoms with E-state index in [1.165, 1.54) is 29.2 Å². The molecule has 0 spiro atoms. The number of aromatic nitrogens is 2. The van der Waals surface area contributed by atoms with E-state index in [0.717, 1.165) is 10.0 Å². The maximum absolute atomic E-state index is 12.3. The number of phenolic OH excluding ortho intramolecular Hbond substituents is 1. The van der Waals surface area contributed by atoms with Crippen LogP contribution < -0.4 is 5.43 Å². The van der Waals surface area contributed by atoms with Crippen molar-refractivity contribution in [3.05, 3.63) is 86.1 Å². The molecule has 1 aromatic heterocycles. The standard InChI is InChI=1S/C18H14BrN5O4/c19-14-5-1-4-13(7-14)10-23-11-16(24(27)28)17(22-23)18(26)21-20-9-12-3-2-6-15(25)8-12/h1-9,11,25H,10H2,(H,21,26)/b20-9+. The molecule has 142 valence electrons. The number of phenols is 1. The Morgan fingerprint density at radius 1 is 1.32 bits per heavy atom. The van der Waals surface area contributed by atoms with E-state index in [-0.39, 0.29) is 18.0 Å². The number of benzene rings is 2. The molecule has 0 fully saturated rings. The van der Waals surface area contributed by atoms with Gasteiger partial charge in [0.15, 0.2) is 0 Å². The second-order valence-corrected chi connectivity index (χ2v) is 6.66. The van der Waals surface area contributed by atoms with Gasteiger partial charge in [-0.2, -0.15) is 10.2 Å². The Morgan fingerprint density at radius 2 is 2.11 bits per heavy atom. The van der Waals surface area contributed by atoms with E-state index in [0.29, 0.717) is 5.56 Å². The van der Waals surface area contributed by atoms with E-state index in [9.17, 15) is 20.0 Å². The minimum absolute atomic E-state index is 0.0530. The van der Waals surface area contributed by atoms with Gasteiger partial charge in [-0.15, -0.1) is 0 Å². The molecule has 28 heavy (non-hydrogen) atoms. The summed E-state index contributed by atoms with van der Waals surface area (Å²) in [6.45, 7) is 0.264. The fourth-order valence-corrected chi connectivity index (χ4v) is 2.88. The fraction of sp³-hybridized carbons (Fsp3) is 0.0556. The number of nitrogens with one attached hydrogen (secondary N) is 1. The molecule has 0 bridgehead atoms. The van der Waals surface area contributed by atoms with Crippen LogP contribution in [0.5, 0.6) is 5.75 Å². The summed E-state index contributed by atoms with van der Waals surface area (Å²) in [5.74, 6) is -0.756. The fourth-order valence-electron chi connectivity index (χ4n) is 2.43. The van der Waals surface area contributed by atoms with Crippen LogP contribution in [0.4, 0.5) is 5.69 Å². The molecule has 0 aliphatic heterocycles. The van der Waals surface area contributed by atoms with Crippen LogP contribution in [0.3, 0.4) is 0 Å². The first kappa shape index (κ1) is 19.2. The van der Waals surface area contributed by atoms with E-state index >= 15 is 0 Å². The van der Waals surface area contributed by atoms with Crippen molar-refractivity contribution in [3.63, 3.8) is 0 Å². The van der Waals surface area contributed by atoms with Crippen molar-refractivity contribution < 1.29 is 14.8 Å². The maximum atomic E-state index is 12.3. The van der Waals surface area contributed by atoms with Crippen molar-refractivity contribution >= 4 is 33.7 Å². The van der Waals surface area contributed by atoms with Gasteiger partial charge in [0, 0.05) is 4.47 Å². The lowest BCUT2D eigenvalue weighted by Crippen LogP contribution is -2.19. The normalized spacial score (nSPS) is 10.9. The maximum Gasteiger partial charge on any atom is 0.320 e. The van der Waals surface area contributed by atoms with Crippen molar-refractivity contribution in [3.8, 4) is 5.75 Å². The third-order valence-electron chi connectivity index (χ3n) is 3.64. The number of halogens is 1. The number of hydrogen-bond donors (Lipinski definition) is 2. The van der Waals surface area contributed by atoms with Gasteiger partial charge >= 0.3 is 5.69 Å². The Kier molecular flexibility index (Phi) is 5.80. The van der Waals surface area contributed by atoms with Gasteiger partial charge in [0.05, 0.1) is 17.7 Å². The number of carbonyl (C=O) groups is 1. The number of hydrogen-bond acceptors (Lipinski definition) is 6. The number of rotatable bonds is 6. The molecule has 0 unspecified atom stereocenters. The number of carbonyl (C=O) groups excluding carboxylic acids is 1. The molecule has 0 saturated heterocycles. The summed E-state index contributed by atoms with van der Waals surface area (Å²) in [4.78, 5) is 22.9. The molecule has 1 heterocycles. The molecular weight excluding hydrogens is 430 g/mol. The van der Waals surface area contributed by atoms with Crippen LogP contribution in [0.25, 0.3) is 0 Å². The lowest BCUT2D eigenvalue weighted by molar-refractivity contribution is -0.385. The van der Waals surface area contributed by atoms with Crippen molar-refractivity contribution in [2.45, 2.75) is 6.54 Å². The minimum atomic E-state index is -0.809. The molecule has 0 radical (unpaired) electrons. The van der Waals surface area contributed by atoms with Gasteiger partial charge in [-0.3, -0.25) is 19.6 Å². The second kappa shape index (κ2) is 8.44. The van der Waals surface area contributed by atoms with Gasteiger partial charge in [0.1, 0.15) is 11.9 Å². The van der Waals surface area contributed by atoms with E-state index in [1.807, 2.05) is 24.3 Å². The predicted octanol–water partition coefficient (Wildman–Crippen LogP) is 3.07. The first-order valence-corrected chi connectivity index (χ1v) is 8.80. The molecule has 0 aliphatic carbocycles. The van der Waals surface area contributed by atoms with Crippen LogP contribution in [0, 0.1) is 10.1 Å². The average molecular weight is 444 g/mol. The van der Waals surface area contributed by atoms with Crippen molar-refractivity contribution in [1.82, 2.24) is 15.2 Å². The molecule has 0 atom stereocenters. The largest absolute Gasteiger partial charge is 0.508 e. The Balaban J connectivity index is 1.77. The number of hydrazone groups is 1. The Bertz CT molecular complexity index is 1060. The van der Waals surface area contributed by atoms with Crippen LogP contribution in [0.2, 0.25) is 0 Å². The van der Waals surface area contributed by atoms with Gasteiger partial charge in [0.2, 0.25) is 5.69 Å². The molecular formula is C18H14BrN5O4. The number of nitrogens with zero attached hydrogens (tertiary/aromatic N) is 4. The van der Waals surface area contributed by atoms with Crippen molar-refractivity contribution in [2.24, 2.45) is 5.10 Å². The average Bonchev–Trinajstić information content (AvgIpc) is 3.06. The lowest BCUT2D eigenvalue weighted by atomic mass is 10.2. The van der Waals surface area contributed by atoms with Crippen LogP contribution in [0.15, 0.2) is 64.3 Å². The van der Waals surface area contributed by atoms with Crippen LogP contribution in [0.1, 0.15) is 21.6 Å². The summed E-state index contributed by atoms with van der Waals surface area (Å²) >= 11 is 3.36. The third-order valence-corrected chi connectivity index (χ3v) is 4.13. The summed E-state index contributed by atoms with van der Waals surface area (Å²) in [5, 5.41) is 28.5. The monoisotopic (exact) mass is 443 g/mol. The first-order valence-electron chi connectivity index (χ1n) is 8.01. The predicted molar refractivity (Wildman–Crippen MR) is 105 cm³/mol. The third kappa shape index (κ3) is 4.80. The second-order valence-electron chi connectivity index (χ2n) is 5.74. The Labute approximate surface area is 167 Å². The highest BCUT2D eigenvalue weighted by molar-refractivity contribution is 9.10. The van der Waals surface area contributed by atoms with Gasteiger partial charge < -0.3 is 5.11 Å². The summed E-state index contributed by atoms with van der Waals surface area (Å²) in [7, 11) is 0.